The van der Waals surface area contributed by atoms with Crippen molar-refractivity contribution in [2.45, 2.75) is 12.8 Å². The predicted molar refractivity (Wildman–Crippen MR) is 102 cm³/mol. The third-order valence-corrected chi connectivity index (χ3v) is 4.82. The Morgan fingerprint density at radius 2 is 2.12 bits per heavy atom. The lowest BCUT2D eigenvalue weighted by molar-refractivity contribution is 0.110. The number of para-hydroxylation sites is 2. The fourth-order valence-corrected chi connectivity index (χ4v) is 3.60. The first-order valence-corrected chi connectivity index (χ1v) is 9.19. The lowest BCUT2D eigenvalue weighted by atomic mass is 10.2. The molecule has 134 valence electrons. The number of halogens is 1. The van der Waals surface area contributed by atoms with Crippen LogP contribution in [0.15, 0.2) is 59.2 Å². The van der Waals surface area contributed by atoms with E-state index in [9.17, 15) is 0 Å². The number of hydrogen-bond donors (Lipinski definition) is 0. The third kappa shape index (κ3) is 3.45. The summed E-state index contributed by atoms with van der Waals surface area (Å²) >= 11 is 3.50. The predicted octanol–water partition coefficient (Wildman–Crippen LogP) is 3.63. The van der Waals surface area contributed by atoms with Gasteiger partial charge in [-0.3, -0.25) is 0 Å². The summed E-state index contributed by atoms with van der Waals surface area (Å²) in [6, 6.07) is 16.1. The number of rotatable bonds is 5. The van der Waals surface area contributed by atoms with Crippen molar-refractivity contribution in [3.05, 3.63) is 70.5 Å². The Morgan fingerprint density at radius 3 is 2.96 bits per heavy atom. The van der Waals surface area contributed by atoms with E-state index >= 15 is 0 Å². The third-order valence-electron chi connectivity index (χ3n) is 4.33. The SMILES string of the molecule is COc1ccccc1N1CCOC1c1cn(Cc2cccc(Br)c2)nn1. The average molecular weight is 415 g/mol. The highest BCUT2D eigenvalue weighted by Gasteiger charge is 2.31. The van der Waals surface area contributed by atoms with Crippen LogP contribution in [0.1, 0.15) is 17.5 Å². The molecule has 0 saturated carbocycles. The fourth-order valence-electron chi connectivity index (χ4n) is 3.15. The molecule has 0 bridgehead atoms. The first-order chi connectivity index (χ1) is 12.7. The molecule has 0 N–H and O–H groups in total. The summed E-state index contributed by atoms with van der Waals surface area (Å²) in [5, 5.41) is 8.61. The molecule has 1 aliphatic rings. The minimum absolute atomic E-state index is 0.262. The van der Waals surface area contributed by atoms with Gasteiger partial charge in [0.1, 0.15) is 11.4 Å². The zero-order chi connectivity index (χ0) is 17.9. The molecular formula is C19H19BrN4O2. The van der Waals surface area contributed by atoms with Gasteiger partial charge in [-0.1, -0.05) is 45.4 Å². The zero-order valence-electron chi connectivity index (χ0n) is 14.4. The summed E-state index contributed by atoms with van der Waals surface area (Å²) in [6.07, 6.45) is 1.68. The molecule has 6 nitrogen and oxygen atoms in total. The quantitative estimate of drug-likeness (QED) is 0.637. The van der Waals surface area contributed by atoms with Gasteiger partial charge in [0.25, 0.3) is 0 Å². The second kappa shape index (κ2) is 7.47. The molecule has 1 fully saturated rings. The largest absolute Gasteiger partial charge is 0.495 e. The van der Waals surface area contributed by atoms with Crippen LogP contribution in [0, 0.1) is 0 Å². The highest BCUT2D eigenvalue weighted by molar-refractivity contribution is 9.10. The van der Waals surface area contributed by atoms with Crippen molar-refractivity contribution < 1.29 is 9.47 Å². The molecule has 0 amide bonds. The highest BCUT2D eigenvalue weighted by Crippen LogP contribution is 2.36. The maximum atomic E-state index is 5.94. The fraction of sp³-hybridized carbons (Fsp3) is 0.263. The number of hydrogen-bond acceptors (Lipinski definition) is 5. The summed E-state index contributed by atoms with van der Waals surface area (Å²) in [5.74, 6) is 0.824. The molecule has 1 saturated heterocycles. The Hall–Kier alpha value is -2.38. The van der Waals surface area contributed by atoms with Crippen molar-refractivity contribution in [1.29, 1.82) is 0 Å². The van der Waals surface area contributed by atoms with Crippen LogP contribution in [-0.4, -0.2) is 35.3 Å². The minimum Gasteiger partial charge on any atom is -0.495 e. The summed E-state index contributed by atoms with van der Waals surface area (Å²) in [6.45, 7) is 2.08. The lowest BCUT2D eigenvalue weighted by Crippen LogP contribution is -2.24. The van der Waals surface area contributed by atoms with Gasteiger partial charge >= 0.3 is 0 Å². The molecule has 7 heteroatoms. The molecule has 2 aromatic carbocycles. The summed E-state index contributed by atoms with van der Waals surface area (Å²) in [5.41, 5.74) is 2.95. The van der Waals surface area contributed by atoms with Gasteiger partial charge < -0.3 is 14.4 Å². The monoisotopic (exact) mass is 414 g/mol. The molecule has 2 heterocycles. The lowest BCUT2D eigenvalue weighted by Gasteiger charge is -2.25. The minimum atomic E-state index is -0.262. The topological polar surface area (TPSA) is 52.4 Å². The van der Waals surface area contributed by atoms with Gasteiger partial charge in [-0.05, 0) is 29.8 Å². The van der Waals surface area contributed by atoms with Crippen molar-refractivity contribution in [3.63, 3.8) is 0 Å². The Labute approximate surface area is 160 Å². The van der Waals surface area contributed by atoms with Crippen molar-refractivity contribution in [1.82, 2.24) is 15.0 Å². The van der Waals surface area contributed by atoms with E-state index in [0.717, 1.165) is 33.7 Å². The number of anilines is 1. The Kier molecular flexibility index (Phi) is 4.90. The smallest absolute Gasteiger partial charge is 0.177 e. The highest BCUT2D eigenvalue weighted by atomic mass is 79.9. The van der Waals surface area contributed by atoms with Gasteiger partial charge in [0.2, 0.25) is 0 Å². The molecule has 0 aliphatic carbocycles. The standard InChI is InChI=1S/C19H19BrN4O2/c1-25-18-8-3-2-7-17(18)24-9-10-26-19(24)16-13-23(22-21-16)12-14-5-4-6-15(20)11-14/h2-8,11,13,19H,9-10,12H2,1H3. The molecular weight excluding hydrogens is 396 g/mol. The van der Waals surface area contributed by atoms with Gasteiger partial charge in [-0.15, -0.1) is 5.10 Å². The number of ether oxygens (including phenoxy) is 2. The first kappa shape index (κ1) is 17.1. The second-order valence-corrected chi connectivity index (χ2v) is 6.97. The maximum Gasteiger partial charge on any atom is 0.177 e. The summed E-state index contributed by atoms with van der Waals surface area (Å²) < 4.78 is 14.3. The van der Waals surface area contributed by atoms with Crippen LogP contribution >= 0.6 is 15.9 Å². The van der Waals surface area contributed by atoms with E-state index in [0.29, 0.717) is 13.2 Å². The van der Waals surface area contributed by atoms with Gasteiger partial charge in [0, 0.05) is 11.0 Å². The normalized spacial score (nSPS) is 16.8. The molecule has 1 unspecified atom stereocenters. The van der Waals surface area contributed by atoms with E-state index in [1.165, 1.54) is 0 Å². The Bertz CT molecular complexity index is 899. The number of benzene rings is 2. The van der Waals surface area contributed by atoms with E-state index in [-0.39, 0.29) is 6.23 Å². The molecule has 1 aliphatic heterocycles. The van der Waals surface area contributed by atoms with Gasteiger partial charge in [0.15, 0.2) is 6.23 Å². The zero-order valence-corrected chi connectivity index (χ0v) is 16.0. The van der Waals surface area contributed by atoms with Crippen molar-refractivity contribution >= 4 is 21.6 Å². The van der Waals surface area contributed by atoms with Crippen LogP contribution in [0.25, 0.3) is 0 Å². The van der Waals surface area contributed by atoms with Crippen LogP contribution in [0.2, 0.25) is 0 Å². The van der Waals surface area contributed by atoms with Crippen LogP contribution in [-0.2, 0) is 11.3 Å². The van der Waals surface area contributed by atoms with Gasteiger partial charge in [-0.2, -0.15) is 0 Å². The van der Waals surface area contributed by atoms with E-state index in [1.54, 1.807) is 7.11 Å². The van der Waals surface area contributed by atoms with Crippen LogP contribution in [0.3, 0.4) is 0 Å². The molecule has 0 radical (unpaired) electrons. The van der Waals surface area contributed by atoms with E-state index in [1.807, 2.05) is 47.3 Å². The molecule has 1 aromatic heterocycles. The van der Waals surface area contributed by atoms with Crippen molar-refractivity contribution in [2.24, 2.45) is 0 Å². The van der Waals surface area contributed by atoms with Crippen LogP contribution in [0.5, 0.6) is 5.75 Å². The van der Waals surface area contributed by atoms with Gasteiger partial charge in [0.05, 0.1) is 32.1 Å². The molecule has 4 rings (SSSR count). The summed E-state index contributed by atoms with van der Waals surface area (Å²) in [7, 11) is 1.68. The Morgan fingerprint density at radius 1 is 1.23 bits per heavy atom. The van der Waals surface area contributed by atoms with Crippen LogP contribution in [0.4, 0.5) is 5.69 Å². The van der Waals surface area contributed by atoms with Crippen LogP contribution < -0.4 is 9.64 Å². The molecule has 1 atom stereocenters. The van der Waals surface area contributed by atoms with Gasteiger partial charge in [-0.25, -0.2) is 4.68 Å². The van der Waals surface area contributed by atoms with Crippen molar-refractivity contribution in [3.8, 4) is 5.75 Å². The molecule has 3 aromatic rings. The second-order valence-electron chi connectivity index (χ2n) is 6.06. The van der Waals surface area contributed by atoms with Crippen molar-refractivity contribution in [2.75, 3.05) is 25.2 Å². The summed E-state index contributed by atoms with van der Waals surface area (Å²) in [4.78, 5) is 2.16. The number of aromatic nitrogens is 3. The molecule has 0 spiro atoms. The maximum absolute atomic E-state index is 5.94. The van der Waals surface area contributed by atoms with E-state index < -0.39 is 0 Å². The first-order valence-electron chi connectivity index (χ1n) is 8.40. The van der Waals surface area contributed by atoms with E-state index in [2.05, 4.69) is 43.3 Å². The number of nitrogens with zero attached hydrogens (tertiary/aromatic N) is 4. The molecule has 26 heavy (non-hydrogen) atoms. The average Bonchev–Trinajstić information content (AvgIpc) is 3.30. The Balaban J connectivity index is 1.56. The number of methoxy groups -OCH3 is 1. The van der Waals surface area contributed by atoms with E-state index in [4.69, 9.17) is 9.47 Å².